The summed E-state index contributed by atoms with van der Waals surface area (Å²) in [6, 6.07) is 8.96. The topological polar surface area (TPSA) is 55.4 Å². The summed E-state index contributed by atoms with van der Waals surface area (Å²) in [4.78, 5) is 26.0. The molecule has 1 aromatic carbocycles. The van der Waals surface area contributed by atoms with Gasteiger partial charge in [-0.3, -0.25) is 9.59 Å². The van der Waals surface area contributed by atoms with Crippen molar-refractivity contribution in [3.8, 4) is 5.75 Å². The molecule has 3 rings (SSSR count). The molecule has 1 aliphatic heterocycles. The zero-order valence-electron chi connectivity index (χ0n) is 11.8. The summed E-state index contributed by atoms with van der Waals surface area (Å²) in [5.41, 5.74) is 1.10. The van der Waals surface area contributed by atoms with Gasteiger partial charge in [0.25, 0.3) is 5.91 Å². The first kappa shape index (κ1) is 13.8. The Morgan fingerprint density at radius 3 is 2.86 bits per heavy atom. The number of rotatable bonds is 3. The van der Waals surface area contributed by atoms with Crippen LogP contribution in [0.4, 0.5) is 5.69 Å². The molecule has 5 heteroatoms. The third-order valence-corrected chi connectivity index (χ3v) is 4.63. The van der Waals surface area contributed by atoms with E-state index in [9.17, 15) is 9.59 Å². The zero-order chi connectivity index (χ0) is 15.0. The molecule has 108 valence electrons. The fourth-order valence-electron chi connectivity index (χ4n) is 2.18. The van der Waals surface area contributed by atoms with E-state index in [1.165, 1.54) is 16.2 Å². The summed E-state index contributed by atoms with van der Waals surface area (Å²) in [6.45, 7) is 3.75. The summed E-state index contributed by atoms with van der Waals surface area (Å²) in [7, 11) is 0. The summed E-state index contributed by atoms with van der Waals surface area (Å²) >= 11 is 1.51. The average Bonchev–Trinajstić information content (AvgIpc) is 2.96. The number of hydrogen-bond donors (Lipinski definition) is 1. The van der Waals surface area contributed by atoms with Crippen LogP contribution in [0.1, 0.15) is 34.0 Å². The quantitative estimate of drug-likeness (QED) is 0.885. The van der Waals surface area contributed by atoms with Crippen molar-refractivity contribution >= 4 is 28.7 Å². The van der Waals surface area contributed by atoms with Crippen molar-refractivity contribution in [3.63, 3.8) is 0 Å². The first-order valence-corrected chi connectivity index (χ1v) is 7.65. The van der Waals surface area contributed by atoms with E-state index in [0.29, 0.717) is 21.9 Å². The third-order valence-electron chi connectivity index (χ3n) is 3.41. The minimum absolute atomic E-state index is 0.0321. The predicted molar refractivity (Wildman–Crippen MR) is 82.3 cm³/mol. The first-order valence-electron chi connectivity index (χ1n) is 6.83. The van der Waals surface area contributed by atoms with Gasteiger partial charge in [0.2, 0.25) is 5.78 Å². The van der Waals surface area contributed by atoms with E-state index in [-0.39, 0.29) is 11.7 Å². The van der Waals surface area contributed by atoms with Crippen molar-refractivity contribution in [3.05, 3.63) is 45.6 Å². The molecule has 21 heavy (non-hydrogen) atoms. The number of fused-ring (bicyclic) bond motifs is 1. The van der Waals surface area contributed by atoms with Gasteiger partial charge in [0.05, 0.1) is 10.6 Å². The number of anilines is 1. The first-order chi connectivity index (χ1) is 10.1. The van der Waals surface area contributed by atoms with Crippen molar-refractivity contribution in [2.75, 3.05) is 5.32 Å². The summed E-state index contributed by atoms with van der Waals surface area (Å²) in [5, 5.41) is 2.76. The predicted octanol–water partition coefficient (Wildman–Crippen LogP) is 3.26. The number of nitrogens with one attached hydrogen (secondary N) is 1. The Labute approximate surface area is 126 Å². The lowest BCUT2D eigenvalue weighted by atomic mass is 10.1. The van der Waals surface area contributed by atoms with Crippen LogP contribution in [0.2, 0.25) is 0 Å². The Morgan fingerprint density at radius 2 is 2.14 bits per heavy atom. The number of amides is 1. The fourth-order valence-corrected chi connectivity index (χ4v) is 3.09. The van der Waals surface area contributed by atoms with Crippen LogP contribution < -0.4 is 10.1 Å². The van der Waals surface area contributed by atoms with Gasteiger partial charge in [-0.15, -0.1) is 11.3 Å². The molecular weight excluding hydrogens is 286 g/mol. The molecule has 1 atom stereocenters. The molecule has 2 heterocycles. The monoisotopic (exact) mass is 301 g/mol. The fraction of sp³-hybridized carbons (Fsp3) is 0.250. The summed E-state index contributed by atoms with van der Waals surface area (Å²) in [5.74, 6) is 0.367. The van der Waals surface area contributed by atoms with Gasteiger partial charge in [-0.25, -0.2) is 0 Å². The van der Waals surface area contributed by atoms with Crippen LogP contribution in [-0.2, 0) is 11.2 Å². The molecule has 1 N–H and O–H groups in total. The molecule has 2 aromatic rings. The van der Waals surface area contributed by atoms with Crippen LogP contribution in [0, 0.1) is 0 Å². The second-order valence-corrected chi connectivity index (χ2v) is 6.08. The van der Waals surface area contributed by atoms with Crippen LogP contribution >= 0.6 is 11.3 Å². The number of ether oxygens (including phenoxy) is 1. The minimum atomic E-state index is -0.511. The highest BCUT2D eigenvalue weighted by Gasteiger charge is 2.24. The molecule has 1 aromatic heterocycles. The Kier molecular flexibility index (Phi) is 3.51. The maximum atomic E-state index is 12.5. The third kappa shape index (κ3) is 2.56. The molecule has 0 spiro atoms. The lowest BCUT2D eigenvalue weighted by Gasteiger charge is -2.23. The lowest BCUT2D eigenvalue weighted by molar-refractivity contribution is -0.122. The number of carbonyl (C=O) groups excluding carboxylic acids is 2. The lowest BCUT2D eigenvalue weighted by Crippen LogP contribution is -2.34. The Bertz CT molecular complexity index is 720. The van der Waals surface area contributed by atoms with Crippen LogP contribution in [-0.4, -0.2) is 17.8 Å². The minimum Gasteiger partial charge on any atom is -0.479 e. The summed E-state index contributed by atoms with van der Waals surface area (Å²) < 4.78 is 5.49. The number of benzene rings is 1. The molecule has 0 bridgehead atoms. The highest BCUT2D eigenvalue weighted by Crippen LogP contribution is 2.31. The van der Waals surface area contributed by atoms with E-state index < -0.39 is 6.10 Å². The molecule has 0 fully saturated rings. The summed E-state index contributed by atoms with van der Waals surface area (Å²) in [6.07, 6.45) is 0.410. The normalized spacial score (nSPS) is 16.9. The van der Waals surface area contributed by atoms with Gasteiger partial charge in [-0.05, 0) is 43.7 Å². The average molecular weight is 301 g/mol. The Morgan fingerprint density at radius 1 is 1.33 bits per heavy atom. The van der Waals surface area contributed by atoms with Gasteiger partial charge in [-0.2, -0.15) is 0 Å². The standard InChI is InChI=1S/C16H15NO3S/c1-3-11-5-7-14(21-11)15(18)10-4-6-13-12(8-10)17-16(19)9(2)20-13/h4-9H,3H2,1-2H3,(H,17,19). The molecule has 1 aliphatic rings. The van der Waals surface area contributed by atoms with Gasteiger partial charge < -0.3 is 10.1 Å². The number of hydrogen-bond acceptors (Lipinski definition) is 4. The van der Waals surface area contributed by atoms with Gasteiger partial charge in [0, 0.05) is 10.4 Å². The molecule has 4 nitrogen and oxygen atoms in total. The second kappa shape index (κ2) is 5.33. The van der Waals surface area contributed by atoms with Crippen LogP contribution in [0.15, 0.2) is 30.3 Å². The molecule has 1 unspecified atom stereocenters. The van der Waals surface area contributed by atoms with E-state index in [4.69, 9.17) is 4.74 Å². The number of aryl methyl sites for hydroxylation is 1. The smallest absolute Gasteiger partial charge is 0.265 e. The Hall–Kier alpha value is -2.14. The van der Waals surface area contributed by atoms with E-state index in [0.717, 1.165) is 6.42 Å². The number of carbonyl (C=O) groups is 2. The van der Waals surface area contributed by atoms with Gasteiger partial charge >= 0.3 is 0 Å². The molecule has 0 saturated heterocycles. The van der Waals surface area contributed by atoms with Gasteiger partial charge in [-0.1, -0.05) is 6.92 Å². The highest BCUT2D eigenvalue weighted by molar-refractivity contribution is 7.14. The van der Waals surface area contributed by atoms with Gasteiger partial charge in [0.15, 0.2) is 6.10 Å². The van der Waals surface area contributed by atoms with Crippen LogP contribution in [0.5, 0.6) is 5.75 Å². The van der Waals surface area contributed by atoms with E-state index in [1.54, 1.807) is 25.1 Å². The van der Waals surface area contributed by atoms with Crippen molar-refractivity contribution in [1.29, 1.82) is 0 Å². The van der Waals surface area contributed by atoms with E-state index >= 15 is 0 Å². The zero-order valence-corrected chi connectivity index (χ0v) is 12.6. The maximum Gasteiger partial charge on any atom is 0.265 e. The van der Waals surface area contributed by atoms with Crippen molar-refractivity contribution in [1.82, 2.24) is 0 Å². The molecule has 0 saturated carbocycles. The van der Waals surface area contributed by atoms with Crippen molar-refractivity contribution in [2.24, 2.45) is 0 Å². The SMILES string of the molecule is CCc1ccc(C(=O)c2ccc3c(c2)NC(=O)C(C)O3)s1. The second-order valence-electron chi connectivity index (χ2n) is 4.91. The van der Waals surface area contributed by atoms with Crippen LogP contribution in [0.25, 0.3) is 0 Å². The molecule has 0 radical (unpaired) electrons. The molecular formula is C16H15NO3S. The number of ketones is 1. The maximum absolute atomic E-state index is 12.5. The molecule has 1 amide bonds. The number of thiophene rings is 1. The van der Waals surface area contributed by atoms with Crippen molar-refractivity contribution < 1.29 is 14.3 Å². The highest BCUT2D eigenvalue weighted by atomic mass is 32.1. The molecule has 0 aliphatic carbocycles. The van der Waals surface area contributed by atoms with E-state index in [2.05, 4.69) is 12.2 Å². The van der Waals surface area contributed by atoms with Crippen LogP contribution in [0.3, 0.4) is 0 Å². The van der Waals surface area contributed by atoms with Gasteiger partial charge in [0.1, 0.15) is 5.75 Å². The Balaban J connectivity index is 1.91. The van der Waals surface area contributed by atoms with Crippen molar-refractivity contribution in [2.45, 2.75) is 26.4 Å². The van der Waals surface area contributed by atoms with E-state index in [1.807, 2.05) is 12.1 Å². The largest absolute Gasteiger partial charge is 0.479 e.